The molecular formula is C19H21ClN2O6S2. The van der Waals surface area contributed by atoms with Crippen LogP contribution in [0.3, 0.4) is 0 Å². The predicted molar refractivity (Wildman–Crippen MR) is 111 cm³/mol. The normalized spacial score (nSPS) is 18.3. The third kappa shape index (κ3) is 3.90. The van der Waals surface area contributed by atoms with Gasteiger partial charge in [-0.15, -0.1) is 0 Å². The van der Waals surface area contributed by atoms with Crippen molar-refractivity contribution in [3.05, 3.63) is 47.0 Å². The van der Waals surface area contributed by atoms with Crippen LogP contribution in [0.15, 0.2) is 46.2 Å². The summed E-state index contributed by atoms with van der Waals surface area (Å²) in [6.45, 7) is 2.69. The van der Waals surface area contributed by atoms with E-state index in [4.69, 9.17) is 21.1 Å². The largest absolute Gasteiger partial charge is 0.486 e. The van der Waals surface area contributed by atoms with Crippen molar-refractivity contribution in [1.82, 2.24) is 8.61 Å². The standard InChI is InChI=1S/C19H21ClN2O6S2/c1-14-2-3-15(20)12-19(14)30(25,26)22-8-6-21(7-9-22)29(23,24)16-4-5-17-18(13-16)28-11-10-27-17/h2-5,12-13H,6-11H2,1H3. The summed E-state index contributed by atoms with van der Waals surface area (Å²) in [6.07, 6.45) is 0. The van der Waals surface area contributed by atoms with E-state index in [-0.39, 0.29) is 36.0 Å². The maximum absolute atomic E-state index is 13.0. The molecule has 0 radical (unpaired) electrons. The molecule has 162 valence electrons. The predicted octanol–water partition coefficient (Wildman–Crippen LogP) is 2.11. The van der Waals surface area contributed by atoms with E-state index in [9.17, 15) is 16.8 Å². The second-order valence-electron chi connectivity index (χ2n) is 7.02. The summed E-state index contributed by atoms with van der Waals surface area (Å²) in [5, 5.41) is 0.332. The number of aryl methyl sites for hydroxylation is 1. The number of rotatable bonds is 4. The van der Waals surface area contributed by atoms with Crippen LogP contribution < -0.4 is 9.47 Å². The zero-order chi connectivity index (χ0) is 21.5. The Morgan fingerprint density at radius 3 is 2.07 bits per heavy atom. The maximum Gasteiger partial charge on any atom is 0.243 e. The molecule has 1 saturated heterocycles. The molecule has 0 N–H and O–H groups in total. The fourth-order valence-corrected chi connectivity index (χ4v) is 6.82. The first kappa shape index (κ1) is 21.4. The molecule has 4 rings (SSSR count). The van der Waals surface area contributed by atoms with Crippen LogP contribution in [0.25, 0.3) is 0 Å². The average Bonchev–Trinajstić information content (AvgIpc) is 2.75. The van der Waals surface area contributed by atoms with Crippen LogP contribution in [-0.2, 0) is 20.0 Å². The summed E-state index contributed by atoms with van der Waals surface area (Å²) >= 11 is 5.97. The van der Waals surface area contributed by atoms with E-state index in [1.54, 1.807) is 25.1 Å². The molecule has 0 spiro atoms. The van der Waals surface area contributed by atoms with Crippen LogP contribution in [0.5, 0.6) is 11.5 Å². The Balaban J connectivity index is 1.52. The summed E-state index contributed by atoms with van der Waals surface area (Å²) in [5.41, 5.74) is 0.589. The van der Waals surface area contributed by atoms with E-state index in [2.05, 4.69) is 0 Å². The molecule has 0 bridgehead atoms. The van der Waals surface area contributed by atoms with Gasteiger partial charge in [-0.25, -0.2) is 16.8 Å². The van der Waals surface area contributed by atoms with Gasteiger partial charge in [0.2, 0.25) is 20.0 Å². The van der Waals surface area contributed by atoms with Gasteiger partial charge in [0.05, 0.1) is 9.79 Å². The molecular weight excluding hydrogens is 452 g/mol. The van der Waals surface area contributed by atoms with Crippen LogP contribution in [-0.4, -0.2) is 64.8 Å². The first-order chi connectivity index (χ1) is 14.2. The Morgan fingerprint density at radius 1 is 0.800 bits per heavy atom. The molecule has 2 aliphatic heterocycles. The van der Waals surface area contributed by atoms with Crippen molar-refractivity contribution < 1.29 is 26.3 Å². The minimum absolute atomic E-state index is 0.0512. The van der Waals surface area contributed by atoms with Crippen LogP contribution in [0, 0.1) is 6.92 Å². The quantitative estimate of drug-likeness (QED) is 0.676. The summed E-state index contributed by atoms with van der Waals surface area (Å²) in [5.74, 6) is 0.896. The van der Waals surface area contributed by atoms with Crippen LogP contribution in [0.4, 0.5) is 0 Å². The van der Waals surface area contributed by atoms with E-state index in [1.807, 2.05) is 0 Å². The maximum atomic E-state index is 13.0. The van der Waals surface area contributed by atoms with Crippen molar-refractivity contribution >= 4 is 31.6 Å². The SMILES string of the molecule is Cc1ccc(Cl)cc1S(=O)(=O)N1CCN(S(=O)(=O)c2ccc3c(c2)OCCO3)CC1. The van der Waals surface area contributed by atoms with Gasteiger partial charge in [0.15, 0.2) is 11.5 Å². The van der Waals surface area contributed by atoms with Gasteiger partial charge in [-0.3, -0.25) is 0 Å². The number of fused-ring (bicyclic) bond motifs is 1. The highest BCUT2D eigenvalue weighted by atomic mass is 35.5. The lowest BCUT2D eigenvalue weighted by atomic mass is 10.2. The highest BCUT2D eigenvalue weighted by Gasteiger charge is 2.35. The minimum Gasteiger partial charge on any atom is -0.486 e. The van der Waals surface area contributed by atoms with E-state index in [0.29, 0.717) is 35.3 Å². The van der Waals surface area contributed by atoms with Gasteiger partial charge >= 0.3 is 0 Å². The summed E-state index contributed by atoms with van der Waals surface area (Å²) in [4.78, 5) is 0.229. The fourth-order valence-electron chi connectivity index (χ4n) is 3.47. The van der Waals surface area contributed by atoms with Crippen molar-refractivity contribution in [3.63, 3.8) is 0 Å². The fraction of sp³-hybridized carbons (Fsp3) is 0.368. The van der Waals surface area contributed by atoms with E-state index < -0.39 is 20.0 Å². The van der Waals surface area contributed by atoms with Gasteiger partial charge < -0.3 is 9.47 Å². The third-order valence-electron chi connectivity index (χ3n) is 5.12. The van der Waals surface area contributed by atoms with Crippen LogP contribution in [0.1, 0.15) is 5.56 Å². The van der Waals surface area contributed by atoms with Crippen molar-refractivity contribution in [3.8, 4) is 11.5 Å². The van der Waals surface area contributed by atoms with Gasteiger partial charge in [0, 0.05) is 37.3 Å². The number of ether oxygens (including phenoxy) is 2. The molecule has 0 amide bonds. The number of halogens is 1. The number of piperazine rings is 1. The number of benzene rings is 2. The molecule has 0 aromatic heterocycles. The van der Waals surface area contributed by atoms with E-state index in [0.717, 1.165) is 0 Å². The molecule has 11 heteroatoms. The Labute approximate surface area is 181 Å². The first-order valence-corrected chi connectivity index (χ1v) is 12.6. The molecule has 2 heterocycles. The van der Waals surface area contributed by atoms with Crippen LogP contribution in [0.2, 0.25) is 5.02 Å². The lowest BCUT2D eigenvalue weighted by Gasteiger charge is -2.33. The number of sulfonamides is 2. The molecule has 2 aromatic carbocycles. The van der Waals surface area contributed by atoms with Gasteiger partial charge in [-0.1, -0.05) is 17.7 Å². The first-order valence-electron chi connectivity index (χ1n) is 9.36. The molecule has 2 aromatic rings. The van der Waals surface area contributed by atoms with E-state index >= 15 is 0 Å². The second-order valence-corrected chi connectivity index (χ2v) is 11.3. The van der Waals surface area contributed by atoms with E-state index in [1.165, 1.54) is 26.8 Å². The molecule has 8 nitrogen and oxygen atoms in total. The van der Waals surface area contributed by atoms with Crippen molar-refractivity contribution in [2.75, 3.05) is 39.4 Å². The molecule has 1 fully saturated rings. The lowest BCUT2D eigenvalue weighted by Crippen LogP contribution is -2.50. The minimum atomic E-state index is -3.79. The highest BCUT2D eigenvalue weighted by molar-refractivity contribution is 7.89. The Bertz CT molecular complexity index is 1180. The highest BCUT2D eigenvalue weighted by Crippen LogP contribution is 2.33. The topological polar surface area (TPSA) is 93.2 Å². The van der Waals surface area contributed by atoms with Gasteiger partial charge in [-0.05, 0) is 36.8 Å². The Kier molecular flexibility index (Phi) is 5.71. The summed E-state index contributed by atoms with van der Waals surface area (Å²) < 4.78 is 65.6. The number of hydrogen-bond donors (Lipinski definition) is 0. The zero-order valence-electron chi connectivity index (χ0n) is 16.2. The van der Waals surface area contributed by atoms with Gasteiger partial charge in [0.25, 0.3) is 0 Å². The van der Waals surface area contributed by atoms with Crippen molar-refractivity contribution in [2.45, 2.75) is 16.7 Å². The molecule has 0 atom stereocenters. The summed E-state index contributed by atoms with van der Waals surface area (Å²) in [6, 6.07) is 9.20. The number of nitrogens with zero attached hydrogens (tertiary/aromatic N) is 2. The Hall–Kier alpha value is -1.85. The van der Waals surface area contributed by atoms with Crippen LogP contribution >= 0.6 is 11.6 Å². The molecule has 0 unspecified atom stereocenters. The second kappa shape index (κ2) is 8.01. The van der Waals surface area contributed by atoms with Gasteiger partial charge in [-0.2, -0.15) is 8.61 Å². The smallest absolute Gasteiger partial charge is 0.243 e. The molecule has 30 heavy (non-hydrogen) atoms. The summed E-state index contributed by atoms with van der Waals surface area (Å²) in [7, 11) is -7.56. The van der Waals surface area contributed by atoms with Crippen molar-refractivity contribution in [2.24, 2.45) is 0 Å². The lowest BCUT2D eigenvalue weighted by molar-refractivity contribution is 0.171. The van der Waals surface area contributed by atoms with Gasteiger partial charge in [0.1, 0.15) is 13.2 Å². The third-order valence-corrected chi connectivity index (χ3v) is 9.29. The van der Waals surface area contributed by atoms with Crippen molar-refractivity contribution in [1.29, 1.82) is 0 Å². The monoisotopic (exact) mass is 472 g/mol. The number of hydrogen-bond acceptors (Lipinski definition) is 6. The molecule has 0 aliphatic carbocycles. The Morgan fingerprint density at radius 2 is 1.40 bits per heavy atom. The zero-order valence-corrected chi connectivity index (χ0v) is 18.6. The molecule has 2 aliphatic rings. The molecule has 0 saturated carbocycles. The average molecular weight is 473 g/mol.